The van der Waals surface area contributed by atoms with Crippen LogP contribution in [0.2, 0.25) is 10.0 Å². The Balaban J connectivity index is 2.14. The Bertz CT molecular complexity index is 841. The standard InChI is InChI=1S/C14H11Cl2N5O/c1-17-14(22)21-13-11-9(5-6-18-13)19-12(20-11)10-7(15)3-2-4-8(10)16/h2-6H,1H3,(H,19,20)(H2,17,18,21,22). The number of carbonyl (C=O) groups excluding carboxylic acids is 1. The van der Waals surface area contributed by atoms with Gasteiger partial charge in [0.1, 0.15) is 11.3 Å². The summed E-state index contributed by atoms with van der Waals surface area (Å²) in [6.45, 7) is 0. The first-order valence-corrected chi connectivity index (χ1v) is 7.13. The van der Waals surface area contributed by atoms with E-state index in [1.807, 2.05) is 0 Å². The van der Waals surface area contributed by atoms with E-state index in [0.717, 1.165) is 0 Å². The molecule has 0 spiro atoms. The maximum atomic E-state index is 11.5. The topological polar surface area (TPSA) is 82.7 Å². The number of amides is 2. The molecule has 2 aromatic heterocycles. The van der Waals surface area contributed by atoms with Crippen molar-refractivity contribution in [3.63, 3.8) is 0 Å². The number of aromatic amines is 1. The summed E-state index contributed by atoms with van der Waals surface area (Å²) in [4.78, 5) is 23.2. The van der Waals surface area contributed by atoms with Gasteiger partial charge in [0.05, 0.1) is 21.1 Å². The lowest BCUT2D eigenvalue weighted by molar-refractivity contribution is 0.254. The highest BCUT2D eigenvalue weighted by Gasteiger charge is 2.15. The molecule has 0 bridgehead atoms. The zero-order valence-corrected chi connectivity index (χ0v) is 13.0. The van der Waals surface area contributed by atoms with Crippen molar-refractivity contribution in [3.8, 4) is 11.4 Å². The first-order valence-electron chi connectivity index (χ1n) is 6.38. The van der Waals surface area contributed by atoms with Crippen molar-refractivity contribution < 1.29 is 4.79 Å². The summed E-state index contributed by atoms with van der Waals surface area (Å²) in [5, 5.41) is 6.06. The summed E-state index contributed by atoms with van der Waals surface area (Å²) in [5.74, 6) is 0.862. The average molecular weight is 336 g/mol. The number of hydrogen-bond acceptors (Lipinski definition) is 3. The van der Waals surface area contributed by atoms with Crippen LogP contribution in [0, 0.1) is 0 Å². The first kappa shape index (κ1) is 14.6. The summed E-state index contributed by atoms with van der Waals surface area (Å²) in [7, 11) is 1.52. The van der Waals surface area contributed by atoms with Crippen molar-refractivity contribution in [2.24, 2.45) is 0 Å². The minimum atomic E-state index is -0.375. The summed E-state index contributed by atoms with van der Waals surface area (Å²) < 4.78 is 0. The molecule has 8 heteroatoms. The summed E-state index contributed by atoms with van der Waals surface area (Å²) in [5.41, 5.74) is 1.84. The number of pyridine rings is 1. The molecule has 1 aromatic carbocycles. The third-order valence-electron chi connectivity index (χ3n) is 3.06. The largest absolute Gasteiger partial charge is 0.341 e. The van der Waals surface area contributed by atoms with Gasteiger partial charge < -0.3 is 10.3 Å². The Morgan fingerprint density at radius 3 is 2.64 bits per heavy atom. The quantitative estimate of drug-likeness (QED) is 0.667. The monoisotopic (exact) mass is 335 g/mol. The Morgan fingerprint density at radius 1 is 1.23 bits per heavy atom. The Morgan fingerprint density at radius 2 is 1.95 bits per heavy atom. The number of nitrogens with zero attached hydrogens (tertiary/aromatic N) is 2. The van der Waals surface area contributed by atoms with Crippen LogP contribution in [-0.2, 0) is 0 Å². The average Bonchev–Trinajstić information content (AvgIpc) is 2.91. The molecule has 0 aliphatic carbocycles. The summed E-state index contributed by atoms with van der Waals surface area (Å²) in [6, 6.07) is 6.61. The highest BCUT2D eigenvalue weighted by molar-refractivity contribution is 6.39. The van der Waals surface area contributed by atoms with E-state index in [4.69, 9.17) is 23.2 Å². The van der Waals surface area contributed by atoms with Crippen molar-refractivity contribution in [1.82, 2.24) is 20.3 Å². The molecular formula is C14H11Cl2N5O. The molecule has 3 N–H and O–H groups in total. The first-order chi connectivity index (χ1) is 10.6. The number of H-pyrrole nitrogens is 1. The van der Waals surface area contributed by atoms with Crippen molar-refractivity contribution in [3.05, 3.63) is 40.5 Å². The fraction of sp³-hybridized carbons (Fsp3) is 0.0714. The lowest BCUT2D eigenvalue weighted by atomic mass is 10.2. The molecular weight excluding hydrogens is 325 g/mol. The van der Waals surface area contributed by atoms with Crippen LogP contribution in [0.1, 0.15) is 0 Å². The number of halogens is 2. The SMILES string of the molecule is CNC(=O)Nc1nccc2[nH]c(-c3c(Cl)cccc3Cl)nc12. The predicted octanol–water partition coefficient (Wildman–Crippen LogP) is 3.68. The molecule has 0 unspecified atom stereocenters. The fourth-order valence-electron chi connectivity index (χ4n) is 2.04. The van der Waals surface area contributed by atoms with Crippen molar-refractivity contribution in [1.29, 1.82) is 0 Å². The number of fused-ring (bicyclic) bond motifs is 1. The minimum absolute atomic E-state index is 0.350. The van der Waals surface area contributed by atoms with Gasteiger partial charge in [0.15, 0.2) is 5.82 Å². The Labute approximate surface area is 135 Å². The van der Waals surface area contributed by atoms with E-state index >= 15 is 0 Å². The molecule has 112 valence electrons. The van der Waals surface area contributed by atoms with E-state index in [9.17, 15) is 4.79 Å². The fourth-order valence-corrected chi connectivity index (χ4v) is 2.62. The molecule has 0 atom stereocenters. The molecule has 0 fully saturated rings. The van der Waals surface area contributed by atoms with Crippen LogP contribution in [0.4, 0.5) is 10.6 Å². The molecule has 3 rings (SSSR count). The molecule has 22 heavy (non-hydrogen) atoms. The van der Waals surface area contributed by atoms with Gasteiger partial charge in [0, 0.05) is 13.2 Å². The van der Waals surface area contributed by atoms with Crippen LogP contribution in [0.3, 0.4) is 0 Å². The van der Waals surface area contributed by atoms with E-state index in [2.05, 4.69) is 25.6 Å². The van der Waals surface area contributed by atoms with E-state index in [1.165, 1.54) is 7.05 Å². The number of hydrogen-bond donors (Lipinski definition) is 3. The van der Waals surface area contributed by atoms with Crippen molar-refractivity contribution in [2.45, 2.75) is 0 Å². The second-order valence-electron chi connectivity index (χ2n) is 4.44. The van der Waals surface area contributed by atoms with Gasteiger partial charge in [-0.2, -0.15) is 0 Å². The van der Waals surface area contributed by atoms with Crippen molar-refractivity contribution >= 4 is 46.1 Å². The number of imidazole rings is 1. The highest BCUT2D eigenvalue weighted by Crippen LogP contribution is 2.34. The summed E-state index contributed by atoms with van der Waals surface area (Å²) in [6.07, 6.45) is 1.57. The molecule has 0 aliphatic heterocycles. The second-order valence-corrected chi connectivity index (χ2v) is 5.26. The summed E-state index contributed by atoms with van der Waals surface area (Å²) >= 11 is 12.4. The van der Waals surface area contributed by atoms with Crippen LogP contribution in [0.5, 0.6) is 0 Å². The van der Waals surface area contributed by atoms with Crippen LogP contribution in [-0.4, -0.2) is 28.0 Å². The van der Waals surface area contributed by atoms with Crippen LogP contribution >= 0.6 is 23.2 Å². The third kappa shape index (κ3) is 2.58. The van der Waals surface area contributed by atoms with E-state index < -0.39 is 0 Å². The molecule has 6 nitrogen and oxygen atoms in total. The maximum absolute atomic E-state index is 11.5. The Kier molecular flexibility index (Phi) is 3.87. The lowest BCUT2D eigenvalue weighted by Crippen LogP contribution is -2.25. The van der Waals surface area contributed by atoms with Gasteiger partial charge in [-0.05, 0) is 18.2 Å². The smallest absolute Gasteiger partial charge is 0.320 e. The van der Waals surface area contributed by atoms with Gasteiger partial charge in [-0.1, -0.05) is 29.3 Å². The van der Waals surface area contributed by atoms with E-state index in [-0.39, 0.29) is 6.03 Å². The zero-order chi connectivity index (χ0) is 15.7. The van der Waals surface area contributed by atoms with Gasteiger partial charge in [0.2, 0.25) is 0 Å². The van der Waals surface area contributed by atoms with Gasteiger partial charge in [-0.3, -0.25) is 5.32 Å². The van der Waals surface area contributed by atoms with Gasteiger partial charge >= 0.3 is 6.03 Å². The number of benzene rings is 1. The molecule has 0 aliphatic rings. The molecule has 0 saturated carbocycles. The maximum Gasteiger partial charge on any atom is 0.320 e. The second kappa shape index (κ2) is 5.82. The van der Waals surface area contributed by atoms with Crippen molar-refractivity contribution in [2.75, 3.05) is 12.4 Å². The van der Waals surface area contributed by atoms with Crippen LogP contribution in [0.15, 0.2) is 30.5 Å². The van der Waals surface area contributed by atoms with Gasteiger partial charge in [-0.15, -0.1) is 0 Å². The number of carbonyl (C=O) groups is 1. The number of anilines is 1. The van der Waals surface area contributed by atoms with E-state index in [0.29, 0.717) is 38.3 Å². The number of rotatable bonds is 2. The molecule has 2 amide bonds. The van der Waals surface area contributed by atoms with Crippen LogP contribution in [0.25, 0.3) is 22.4 Å². The molecule has 2 heterocycles. The Hall–Kier alpha value is -2.31. The third-order valence-corrected chi connectivity index (χ3v) is 3.69. The highest BCUT2D eigenvalue weighted by atomic mass is 35.5. The normalized spacial score (nSPS) is 10.7. The molecule has 0 saturated heterocycles. The van der Waals surface area contributed by atoms with Crippen LogP contribution < -0.4 is 10.6 Å². The minimum Gasteiger partial charge on any atom is -0.341 e. The number of nitrogens with one attached hydrogen (secondary N) is 3. The number of urea groups is 1. The predicted molar refractivity (Wildman–Crippen MR) is 87.4 cm³/mol. The van der Waals surface area contributed by atoms with Gasteiger partial charge in [-0.25, -0.2) is 14.8 Å². The number of aromatic nitrogens is 3. The van der Waals surface area contributed by atoms with E-state index in [1.54, 1.807) is 30.5 Å². The molecule has 0 radical (unpaired) electrons. The van der Waals surface area contributed by atoms with Gasteiger partial charge in [0.25, 0.3) is 0 Å². The molecule has 3 aromatic rings. The zero-order valence-electron chi connectivity index (χ0n) is 11.4. The lowest BCUT2D eigenvalue weighted by Gasteiger charge is -2.03.